The molecule has 0 radical (unpaired) electrons. The average molecular weight is 351 g/mol. The zero-order chi connectivity index (χ0) is 14.2. The molecule has 0 saturated heterocycles. The Labute approximate surface area is 119 Å². The van der Waals surface area contributed by atoms with Gasteiger partial charge in [-0.3, -0.25) is 0 Å². The van der Waals surface area contributed by atoms with Crippen LogP contribution in [0, 0.1) is 11.3 Å². The second-order valence-electron chi connectivity index (χ2n) is 3.55. The standard InChI is InChI=1S/C11H4BrClF3N3/c12-9-8(11(14,15)16)18-10(19-9)7-2-1-6(13)3-5(7)4-17/h1-3H,(H,18,19). The van der Waals surface area contributed by atoms with Crippen molar-refractivity contribution < 1.29 is 13.2 Å². The van der Waals surface area contributed by atoms with Crippen LogP contribution in [0.2, 0.25) is 5.02 Å². The van der Waals surface area contributed by atoms with Gasteiger partial charge in [-0.05, 0) is 34.1 Å². The van der Waals surface area contributed by atoms with E-state index in [4.69, 9.17) is 16.9 Å². The molecule has 1 N–H and O–H groups in total. The normalized spacial score (nSPS) is 11.4. The molecule has 0 aliphatic rings. The third-order valence-corrected chi connectivity index (χ3v) is 3.11. The van der Waals surface area contributed by atoms with Gasteiger partial charge in [0.25, 0.3) is 0 Å². The van der Waals surface area contributed by atoms with Crippen molar-refractivity contribution in [2.45, 2.75) is 6.18 Å². The zero-order valence-corrected chi connectivity index (χ0v) is 11.4. The summed E-state index contributed by atoms with van der Waals surface area (Å²) in [6.45, 7) is 0. The van der Waals surface area contributed by atoms with E-state index in [0.717, 1.165) is 0 Å². The largest absolute Gasteiger partial charge is 0.433 e. The molecule has 2 aromatic rings. The second-order valence-corrected chi connectivity index (χ2v) is 4.74. The third kappa shape index (κ3) is 2.74. The summed E-state index contributed by atoms with van der Waals surface area (Å²) >= 11 is 8.46. The van der Waals surface area contributed by atoms with Gasteiger partial charge < -0.3 is 4.98 Å². The number of aromatic amines is 1. The molecule has 0 fully saturated rings. The van der Waals surface area contributed by atoms with Gasteiger partial charge in [-0.2, -0.15) is 18.4 Å². The van der Waals surface area contributed by atoms with E-state index in [0.29, 0.717) is 5.02 Å². The summed E-state index contributed by atoms with van der Waals surface area (Å²) in [6, 6.07) is 6.13. The number of nitrogens with zero attached hydrogens (tertiary/aromatic N) is 2. The number of rotatable bonds is 1. The van der Waals surface area contributed by atoms with Crippen molar-refractivity contribution in [2.24, 2.45) is 0 Å². The predicted octanol–water partition coefficient (Wildman–Crippen LogP) is 4.38. The monoisotopic (exact) mass is 349 g/mol. The van der Waals surface area contributed by atoms with Crippen molar-refractivity contribution >= 4 is 27.5 Å². The van der Waals surface area contributed by atoms with E-state index >= 15 is 0 Å². The molecule has 98 valence electrons. The highest BCUT2D eigenvalue weighted by Gasteiger charge is 2.36. The van der Waals surface area contributed by atoms with Gasteiger partial charge in [-0.15, -0.1) is 0 Å². The van der Waals surface area contributed by atoms with Gasteiger partial charge in [0.05, 0.1) is 11.6 Å². The van der Waals surface area contributed by atoms with Crippen LogP contribution in [0.5, 0.6) is 0 Å². The molecule has 19 heavy (non-hydrogen) atoms. The minimum Gasteiger partial charge on any atom is -0.333 e. The van der Waals surface area contributed by atoms with E-state index in [1.54, 1.807) is 0 Å². The molecule has 0 atom stereocenters. The maximum Gasteiger partial charge on any atom is 0.433 e. The molecule has 2 rings (SSSR count). The zero-order valence-electron chi connectivity index (χ0n) is 9.02. The summed E-state index contributed by atoms with van der Waals surface area (Å²) in [5.41, 5.74) is -0.605. The first kappa shape index (κ1) is 13.9. The summed E-state index contributed by atoms with van der Waals surface area (Å²) in [4.78, 5) is 5.89. The van der Waals surface area contributed by atoms with Crippen LogP contribution < -0.4 is 0 Å². The maximum atomic E-state index is 12.6. The van der Waals surface area contributed by atoms with Crippen molar-refractivity contribution in [2.75, 3.05) is 0 Å². The first-order valence-corrected chi connectivity index (χ1v) is 6.02. The molecule has 1 aromatic carbocycles. The highest BCUT2D eigenvalue weighted by Crippen LogP contribution is 2.35. The number of aromatic nitrogens is 2. The summed E-state index contributed by atoms with van der Waals surface area (Å²) in [6.07, 6.45) is -4.55. The molecule has 8 heteroatoms. The summed E-state index contributed by atoms with van der Waals surface area (Å²) < 4.78 is 37.6. The number of nitriles is 1. The van der Waals surface area contributed by atoms with E-state index in [1.165, 1.54) is 18.2 Å². The Hall–Kier alpha value is -1.52. The molecule has 0 aliphatic heterocycles. The molecule has 0 amide bonds. The summed E-state index contributed by atoms with van der Waals surface area (Å²) in [5, 5.41) is 9.28. The van der Waals surface area contributed by atoms with Crippen molar-refractivity contribution in [1.29, 1.82) is 5.26 Å². The van der Waals surface area contributed by atoms with Crippen LogP contribution in [0.1, 0.15) is 11.3 Å². The van der Waals surface area contributed by atoms with Crippen molar-refractivity contribution in [3.63, 3.8) is 0 Å². The van der Waals surface area contributed by atoms with Crippen LogP contribution in [0.25, 0.3) is 11.4 Å². The highest BCUT2D eigenvalue weighted by molar-refractivity contribution is 9.10. The van der Waals surface area contributed by atoms with Crippen LogP contribution in [-0.2, 0) is 6.18 Å². The Morgan fingerprint density at radius 1 is 1.37 bits per heavy atom. The van der Waals surface area contributed by atoms with Crippen LogP contribution in [0.4, 0.5) is 13.2 Å². The fourth-order valence-electron chi connectivity index (χ4n) is 1.48. The highest BCUT2D eigenvalue weighted by atomic mass is 79.9. The van der Waals surface area contributed by atoms with Crippen LogP contribution in [0.3, 0.4) is 0 Å². The molecular formula is C11H4BrClF3N3. The number of H-pyrrole nitrogens is 1. The Balaban J connectivity index is 2.59. The number of alkyl halides is 3. The van der Waals surface area contributed by atoms with Gasteiger partial charge in [0.1, 0.15) is 10.4 Å². The van der Waals surface area contributed by atoms with E-state index in [2.05, 4.69) is 25.9 Å². The lowest BCUT2D eigenvalue weighted by Crippen LogP contribution is -2.06. The molecule has 1 heterocycles. The van der Waals surface area contributed by atoms with Gasteiger partial charge in [0.15, 0.2) is 5.69 Å². The molecule has 0 unspecified atom stereocenters. The lowest BCUT2D eigenvalue weighted by atomic mass is 10.1. The predicted molar refractivity (Wildman–Crippen MR) is 66.5 cm³/mol. The topological polar surface area (TPSA) is 52.5 Å². The number of halogens is 5. The van der Waals surface area contributed by atoms with Gasteiger partial charge in [-0.25, -0.2) is 4.98 Å². The smallest absolute Gasteiger partial charge is 0.333 e. The number of imidazole rings is 1. The SMILES string of the molecule is N#Cc1cc(Cl)ccc1-c1nc(Br)c(C(F)(F)F)[nH]1. The van der Waals surface area contributed by atoms with E-state index in [-0.39, 0.29) is 21.6 Å². The van der Waals surface area contributed by atoms with Crippen molar-refractivity contribution in [3.05, 3.63) is 39.1 Å². The van der Waals surface area contributed by atoms with Crippen molar-refractivity contribution in [3.8, 4) is 17.5 Å². The molecule has 0 saturated carbocycles. The number of benzene rings is 1. The van der Waals surface area contributed by atoms with E-state index in [1.807, 2.05) is 6.07 Å². The lowest BCUT2D eigenvalue weighted by molar-refractivity contribution is -0.141. The quantitative estimate of drug-likeness (QED) is 0.829. The van der Waals surface area contributed by atoms with Gasteiger partial charge in [0, 0.05) is 10.6 Å². The van der Waals surface area contributed by atoms with E-state index in [9.17, 15) is 13.2 Å². The van der Waals surface area contributed by atoms with Crippen LogP contribution in [0.15, 0.2) is 22.8 Å². The van der Waals surface area contributed by atoms with Gasteiger partial charge >= 0.3 is 6.18 Å². The first-order chi connectivity index (χ1) is 8.82. The fraction of sp³-hybridized carbons (Fsp3) is 0.0909. The van der Waals surface area contributed by atoms with Gasteiger partial charge in [-0.1, -0.05) is 11.6 Å². The molecule has 0 bridgehead atoms. The van der Waals surface area contributed by atoms with Crippen molar-refractivity contribution in [1.82, 2.24) is 9.97 Å². The van der Waals surface area contributed by atoms with Gasteiger partial charge in [0.2, 0.25) is 0 Å². The molecular weight excluding hydrogens is 346 g/mol. The second kappa shape index (κ2) is 4.87. The molecule has 3 nitrogen and oxygen atoms in total. The molecule has 1 aromatic heterocycles. The Morgan fingerprint density at radius 3 is 2.58 bits per heavy atom. The molecule has 0 spiro atoms. The minimum absolute atomic E-state index is 0.0487. The summed E-state index contributed by atoms with van der Waals surface area (Å²) in [5.74, 6) is -0.0487. The number of hydrogen-bond donors (Lipinski definition) is 1. The lowest BCUT2D eigenvalue weighted by Gasteiger charge is -2.03. The van der Waals surface area contributed by atoms with Crippen LogP contribution in [-0.4, -0.2) is 9.97 Å². The fourth-order valence-corrected chi connectivity index (χ4v) is 2.16. The number of nitrogens with one attached hydrogen (secondary N) is 1. The third-order valence-electron chi connectivity index (χ3n) is 2.30. The van der Waals surface area contributed by atoms with Crippen LogP contribution >= 0.6 is 27.5 Å². The maximum absolute atomic E-state index is 12.6. The van der Waals surface area contributed by atoms with E-state index < -0.39 is 11.9 Å². The molecule has 0 aliphatic carbocycles. The summed E-state index contributed by atoms with van der Waals surface area (Å²) in [7, 11) is 0. The number of hydrogen-bond acceptors (Lipinski definition) is 2. The Kier molecular flexibility index (Phi) is 3.56. The minimum atomic E-state index is -4.55. The Morgan fingerprint density at radius 2 is 2.05 bits per heavy atom. The first-order valence-electron chi connectivity index (χ1n) is 4.85. The Bertz CT molecular complexity index is 673. The average Bonchev–Trinajstić information content (AvgIpc) is 2.70.